The number of carbonyl (C=O) groups excluding carboxylic acids is 1. The number of hydrogen-bond acceptors (Lipinski definition) is 3. The Kier molecular flexibility index (Phi) is 3.52. The van der Waals surface area contributed by atoms with Gasteiger partial charge in [0.25, 0.3) is 0 Å². The van der Waals surface area contributed by atoms with Crippen molar-refractivity contribution in [3.05, 3.63) is 59.7 Å². The number of fused-ring (bicyclic) bond motifs is 1. The zero-order valence-corrected chi connectivity index (χ0v) is 11.1. The molecule has 1 N–H and O–H groups in total. The first-order valence-electron chi connectivity index (χ1n) is 6.81. The summed E-state index contributed by atoms with van der Waals surface area (Å²) in [5.74, 6) is -0.263. The summed E-state index contributed by atoms with van der Waals surface area (Å²) in [6.07, 6.45) is 1.09. The molecule has 1 aliphatic heterocycles. The molecule has 3 rings (SSSR count). The molecule has 1 aliphatic rings. The molecule has 0 aromatic heterocycles. The van der Waals surface area contributed by atoms with Crippen molar-refractivity contribution in [1.82, 2.24) is 0 Å². The van der Waals surface area contributed by atoms with Crippen molar-refractivity contribution in [2.24, 2.45) is 0 Å². The fraction of sp³-hybridized carbons (Fsp3) is 0.235. The Balaban J connectivity index is 1.94. The van der Waals surface area contributed by atoms with E-state index in [1.807, 2.05) is 48.5 Å². The van der Waals surface area contributed by atoms with Crippen molar-refractivity contribution in [3.63, 3.8) is 0 Å². The highest BCUT2D eigenvalue weighted by molar-refractivity contribution is 5.95. The third-order valence-electron chi connectivity index (χ3n) is 3.60. The summed E-state index contributed by atoms with van der Waals surface area (Å²) in [6, 6.07) is 15.8. The van der Waals surface area contributed by atoms with Gasteiger partial charge < -0.3 is 9.84 Å². The van der Waals surface area contributed by atoms with Crippen LogP contribution < -0.4 is 0 Å². The van der Waals surface area contributed by atoms with E-state index < -0.39 is 0 Å². The predicted molar refractivity (Wildman–Crippen MR) is 76.4 cm³/mol. The van der Waals surface area contributed by atoms with E-state index in [1.54, 1.807) is 0 Å². The van der Waals surface area contributed by atoms with Gasteiger partial charge in [-0.2, -0.15) is 0 Å². The van der Waals surface area contributed by atoms with Crippen LogP contribution >= 0.6 is 0 Å². The fourth-order valence-corrected chi connectivity index (χ4v) is 2.57. The number of hydrogen-bond donors (Lipinski definition) is 1. The second kappa shape index (κ2) is 5.47. The predicted octanol–water partition coefficient (Wildman–Crippen LogP) is 3.34. The van der Waals surface area contributed by atoms with Gasteiger partial charge >= 0.3 is 5.97 Å². The Hall–Kier alpha value is -2.13. The van der Waals surface area contributed by atoms with Gasteiger partial charge in [0.2, 0.25) is 0 Å². The topological polar surface area (TPSA) is 46.5 Å². The molecule has 102 valence electrons. The van der Waals surface area contributed by atoms with E-state index in [-0.39, 0.29) is 18.7 Å². The maximum absolute atomic E-state index is 11.9. The first-order chi connectivity index (χ1) is 9.79. The van der Waals surface area contributed by atoms with Crippen molar-refractivity contribution >= 4 is 5.97 Å². The number of aliphatic hydroxyl groups excluding tert-OH is 1. The zero-order chi connectivity index (χ0) is 13.9. The number of cyclic esters (lactones) is 1. The number of ether oxygens (including phenoxy) is 1. The Morgan fingerprint density at radius 3 is 2.60 bits per heavy atom. The third-order valence-corrected chi connectivity index (χ3v) is 3.60. The largest absolute Gasteiger partial charge is 0.454 e. The van der Waals surface area contributed by atoms with Crippen LogP contribution in [0.4, 0.5) is 0 Å². The molecule has 1 heterocycles. The molecule has 0 aliphatic carbocycles. The van der Waals surface area contributed by atoms with E-state index in [0.717, 1.165) is 16.7 Å². The smallest absolute Gasteiger partial charge is 0.339 e. The molecule has 0 amide bonds. The molecule has 1 unspecified atom stereocenters. The number of carbonyl (C=O) groups is 1. The summed E-state index contributed by atoms with van der Waals surface area (Å²) >= 11 is 0. The number of benzene rings is 2. The van der Waals surface area contributed by atoms with Gasteiger partial charge in [-0.15, -0.1) is 0 Å². The number of aliphatic hydroxyl groups is 1. The fourth-order valence-electron chi connectivity index (χ4n) is 2.57. The molecule has 3 nitrogen and oxygen atoms in total. The Bertz CT molecular complexity index is 619. The molecule has 2 aromatic carbocycles. The molecule has 0 saturated carbocycles. The second-order valence-corrected chi connectivity index (χ2v) is 4.93. The lowest BCUT2D eigenvalue weighted by Crippen LogP contribution is -1.99. The minimum absolute atomic E-state index is 0.117. The summed E-state index contributed by atoms with van der Waals surface area (Å²) in [7, 11) is 0. The van der Waals surface area contributed by atoms with Crippen LogP contribution in [0.1, 0.15) is 34.9 Å². The highest BCUT2D eigenvalue weighted by atomic mass is 16.5. The van der Waals surface area contributed by atoms with Crippen molar-refractivity contribution in [2.75, 3.05) is 6.61 Å². The molecule has 2 aromatic rings. The van der Waals surface area contributed by atoms with Gasteiger partial charge in [-0.1, -0.05) is 42.5 Å². The van der Waals surface area contributed by atoms with Crippen LogP contribution in [-0.2, 0) is 4.74 Å². The molecule has 3 heteroatoms. The maximum Gasteiger partial charge on any atom is 0.339 e. The van der Waals surface area contributed by atoms with Crippen LogP contribution in [0.5, 0.6) is 0 Å². The quantitative estimate of drug-likeness (QED) is 0.865. The summed E-state index contributed by atoms with van der Waals surface area (Å²) in [6.45, 7) is 0.117. The van der Waals surface area contributed by atoms with Crippen LogP contribution in [0.15, 0.2) is 48.5 Å². The minimum atomic E-state index is -0.263. The summed E-state index contributed by atoms with van der Waals surface area (Å²) in [5, 5.41) is 8.89. The van der Waals surface area contributed by atoms with E-state index >= 15 is 0 Å². The minimum Gasteiger partial charge on any atom is -0.454 e. The van der Waals surface area contributed by atoms with Gasteiger partial charge in [0.1, 0.15) is 6.10 Å². The van der Waals surface area contributed by atoms with Crippen molar-refractivity contribution in [2.45, 2.75) is 18.9 Å². The van der Waals surface area contributed by atoms with E-state index in [4.69, 9.17) is 9.84 Å². The lowest BCUT2D eigenvalue weighted by atomic mass is 9.96. The summed E-state index contributed by atoms with van der Waals surface area (Å²) < 4.78 is 5.37. The van der Waals surface area contributed by atoms with Crippen LogP contribution in [0.3, 0.4) is 0 Å². The maximum atomic E-state index is 11.9. The zero-order valence-electron chi connectivity index (χ0n) is 11.1. The Morgan fingerprint density at radius 2 is 1.85 bits per heavy atom. The average molecular weight is 268 g/mol. The van der Waals surface area contributed by atoms with Gasteiger partial charge in [0.05, 0.1) is 5.56 Å². The van der Waals surface area contributed by atoms with Crippen molar-refractivity contribution in [1.29, 1.82) is 0 Å². The third kappa shape index (κ3) is 2.32. The van der Waals surface area contributed by atoms with Crippen molar-refractivity contribution < 1.29 is 14.6 Å². The van der Waals surface area contributed by atoms with Crippen molar-refractivity contribution in [3.8, 4) is 11.1 Å². The van der Waals surface area contributed by atoms with E-state index in [2.05, 4.69) is 0 Å². The molecular weight excluding hydrogens is 252 g/mol. The first kappa shape index (κ1) is 12.9. The molecule has 20 heavy (non-hydrogen) atoms. The molecule has 0 fully saturated rings. The highest BCUT2D eigenvalue weighted by Crippen LogP contribution is 2.36. The van der Waals surface area contributed by atoms with E-state index in [0.29, 0.717) is 18.4 Å². The number of rotatable bonds is 4. The molecule has 0 saturated heterocycles. The average Bonchev–Trinajstić information content (AvgIpc) is 2.82. The molecule has 0 spiro atoms. The normalized spacial score (nSPS) is 16.9. The second-order valence-electron chi connectivity index (χ2n) is 4.93. The SMILES string of the molecule is O=C1OC(CCCO)c2ccc(-c3ccccc3)cc21. The lowest BCUT2D eigenvalue weighted by Gasteiger charge is -2.09. The van der Waals surface area contributed by atoms with E-state index in [9.17, 15) is 4.79 Å². The Labute approximate surface area is 117 Å². The molecule has 1 atom stereocenters. The molecular formula is C17H16O3. The standard InChI is InChI=1S/C17H16O3/c18-10-4-7-16-14-9-8-13(11-15(14)17(19)20-16)12-5-2-1-3-6-12/h1-3,5-6,8-9,11,16,18H,4,7,10H2. The first-order valence-corrected chi connectivity index (χ1v) is 6.81. The summed E-state index contributed by atoms with van der Waals surface area (Å²) in [5.41, 5.74) is 3.68. The molecule has 0 radical (unpaired) electrons. The van der Waals surface area contributed by atoms with Crippen LogP contribution in [0.25, 0.3) is 11.1 Å². The van der Waals surface area contributed by atoms with Gasteiger partial charge in [-0.3, -0.25) is 0 Å². The highest BCUT2D eigenvalue weighted by Gasteiger charge is 2.30. The van der Waals surface area contributed by atoms with E-state index in [1.165, 1.54) is 0 Å². The van der Waals surface area contributed by atoms with Gasteiger partial charge in [0.15, 0.2) is 0 Å². The van der Waals surface area contributed by atoms with Gasteiger partial charge in [-0.05, 0) is 30.0 Å². The summed E-state index contributed by atoms with van der Waals surface area (Å²) in [4.78, 5) is 11.9. The van der Waals surface area contributed by atoms with Crippen LogP contribution in [0, 0.1) is 0 Å². The van der Waals surface area contributed by atoms with Gasteiger partial charge in [0, 0.05) is 12.2 Å². The molecule has 0 bridgehead atoms. The lowest BCUT2D eigenvalue weighted by molar-refractivity contribution is 0.0354. The monoisotopic (exact) mass is 268 g/mol. The Morgan fingerprint density at radius 1 is 1.05 bits per heavy atom. The van der Waals surface area contributed by atoms with Crippen LogP contribution in [-0.4, -0.2) is 17.7 Å². The number of esters is 1. The van der Waals surface area contributed by atoms with Gasteiger partial charge in [-0.25, -0.2) is 4.79 Å². The van der Waals surface area contributed by atoms with Crippen LogP contribution in [0.2, 0.25) is 0 Å².